The molecule has 0 atom stereocenters. The number of thioether (sulfide) groups is 1. The number of aromatic nitrogens is 1. The number of carbonyl (C=O) groups is 1. The van der Waals surface area contributed by atoms with Gasteiger partial charge in [0.05, 0.1) is 5.56 Å². The van der Waals surface area contributed by atoms with Crippen LogP contribution in [0.3, 0.4) is 0 Å². The standard InChI is InChI=1S/C25H26FN3OS/c1-18-5-3-7-23(19(18)2)28-13-15-29(16-14-28)25(30)22-6-4-12-27-24(22)31-17-20-8-10-21(26)11-9-20/h3-12H,13-17H2,1-2H3. The molecule has 1 aliphatic heterocycles. The minimum atomic E-state index is -0.248. The summed E-state index contributed by atoms with van der Waals surface area (Å²) in [6.07, 6.45) is 1.71. The van der Waals surface area contributed by atoms with Crippen molar-refractivity contribution in [3.05, 3.63) is 88.9 Å². The van der Waals surface area contributed by atoms with Crippen molar-refractivity contribution in [2.24, 2.45) is 0 Å². The van der Waals surface area contributed by atoms with Crippen molar-refractivity contribution in [1.82, 2.24) is 9.88 Å². The number of hydrogen-bond donors (Lipinski definition) is 0. The van der Waals surface area contributed by atoms with E-state index in [-0.39, 0.29) is 11.7 Å². The predicted octanol–water partition coefficient (Wildman–Crippen LogP) is 5.09. The Morgan fingerprint density at radius 1 is 1.00 bits per heavy atom. The fourth-order valence-electron chi connectivity index (χ4n) is 3.80. The predicted molar refractivity (Wildman–Crippen MR) is 124 cm³/mol. The smallest absolute Gasteiger partial charge is 0.256 e. The van der Waals surface area contributed by atoms with E-state index in [0.29, 0.717) is 29.4 Å². The molecule has 2 aromatic carbocycles. The molecule has 1 aliphatic rings. The Morgan fingerprint density at radius 2 is 1.74 bits per heavy atom. The molecule has 1 aromatic heterocycles. The maximum atomic E-state index is 13.2. The number of piperazine rings is 1. The quantitative estimate of drug-likeness (QED) is 0.523. The highest BCUT2D eigenvalue weighted by Crippen LogP contribution is 2.27. The van der Waals surface area contributed by atoms with Crippen molar-refractivity contribution in [3.63, 3.8) is 0 Å². The van der Waals surface area contributed by atoms with E-state index >= 15 is 0 Å². The number of hydrogen-bond acceptors (Lipinski definition) is 4. The average Bonchev–Trinajstić information content (AvgIpc) is 2.80. The highest BCUT2D eigenvalue weighted by molar-refractivity contribution is 7.98. The zero-order valence-corrected chi connectivity index (χ0v) is 18.7. The average molecular weight is 436 g/mol. The van der Waals surface area contributed by atoms with Crippen LogP contribution in [0.5, 0.6) is 0 Å². The van der Waals surface area contributed by atoms with Crippen molar-refractivity contribution in [2.75, 3.05) is 31.1 Å². The molecule has 0 bridgehead atoms. The summed E-state index contributed by atoms with van der Waals surface area (Å²) < 4.78 is 13.1. The summed E-state index contributed by atoms with van der Waals surface area (Å²) in [5.74, 6) is 0.413. The molecule has 6 heteroatoms. The lowest BCUT2D eigenvalue weighted by atomic mass is 10.1. The molecule has 0 unspecified atom stereocenters. The van der Waals surface area contributed by atoms with E-state index in [2.05, 4.69) is 41.9 Å². The van der Waals surface area contributed by atoms with E-state index in [0.717, 1.165) is 18.7 Å². The van der Waals surface area contributed by atoms with Gasteiger partial charge in [-0.15, -0.1) is 11.8 Å². The Balaban J connectivity index is 1.42. The van der Waals surface area contributed by atoms with E-state index in [1.54, 1.807) is 18.3 Å². The lowest BCUT2D eigenvalue weighted by molar-refractivity contribution is 0.0742. The van der Waals surface area contributed by atoms with Crippen molar-refractivity contribution in [1.29, 1.82) is 0 Å². The fourth-order valence-corrected chi connectivity index (χ4v) is 4.74. The molecule has 4 rings (SSSR count). The monoisotopic (exact) mass is 435 g/mol. The Bertz CT molecular complexity index is 1060. The van der Waals surface area contributed by atoms with Crippen LogP contribution < -0.4 is 4.90 Å². The summed E-state index contributed by atoms with van der Waals surface area (Å²) in [6, 6.07) is 16.5. The van der Waals surface area contributed by atoms with Gasteiger partial charge in [-0.3, -0.25) is 4.79 Å². The van der Waals surface area contributed by atoms with Crippen molar-refractivity contribution in [3.8, 4) is 0 Å². The fraction of sp³-hybridized carbons (Fsp3) is 0.280. The Morgan fingerprint density at radius 3 is 2.48 bits per heavy atom. The zero-order chi connectivity index (χ0) is 21.8. The summed E-state index contributed by atoms with van der Waals surface area (Å²) >= 11 is 1.51. The van der Waals surface area contributed by atoms with Crippen LogP contribution in [0.2, 0.25) is 0 Å². The topological polar surface area (TPSA) is 36.4 Å². The molecule has 0 spiro atoms. The second-order valence-corrected chi connectivity index (χ2v) is 8.73. The Hall–Kier alpha value is -2.86. The molecule has 0 radical (unpaired) electrons. The highest BCUT2D eigenvalue weighted by atomic mass is 32.2. The summed E-state index contributed by atoms with van der Waals surface area (Å²) in [5, 5.41) is 0.716. The third kappa shape index (κ3) is 4.90. The Labute approximate surface area is 187 Å². The lowest BCUT2D eigenvalue weighted by Crippen LogP contribution is -2.49. The second-order valence-electron chi connectivity index (χ2n) is 7.77. The van der Waals surface area contributed by atoms with Gasteiger partial charge in [0.15, 0.2) is 0 Å². The third-order valence-electron chi connectivity index (χ3n) is 5.77. The van der Waals surface area contributed by atoms with E-state index < -0.39 is 0 Å². The first-order chi connectivity index (χ1) is 15.0. The number of anilines is 1. The van der Waals surface area contributed by atoms with Crippen LogP contribution in [-0.4, -0.2) is 42.0 Å². The molecule has 160 valence electrons. The number of carbonyl (C=O) groups excluding carboxylic acids is 1. The number of benzene rings is 2. The molecule has 4 nitrogen and oxygen atoms in total. The number of halogens is 1. The van der Waals surface area contributed by atoms with Crippen LogP contribution in [0.15, 0.2) is 65.8 Å². The van der Waals surface area contributed by atoms with Gasteiger partial charge in [0.2, 0.25) is 0 Å². The number of aryl methyl sites for hydroxylation is 1. The van der Waals surface area contributed by atoms with Crippen LogP contribution in [0, 0.1) is 19.7 Å². The first-order valence-corrected chi connectivity index (χ1v) is 11.4. The van der Waals surface area contributed by atoms with Crippen molar-refractivity contribution >= 4 is 23.4 Å². The SMILES string of the molecule is Cc1cccc(N2CCN(C(=O)c3cccnc3SCc3ccc(F)cc3)CC2)c1C. The van der Waals surface area contributed by atoms with Gasteiger partial charge >= 0.3 is 0 Å². The minimum Gasteiger partial charge on any atom is -0.368 e. The third-order valence-corrected chi connectivity index (χ3v) is 6.85. The number of amides is 1. The van der Waals surface area contributed by atoms with Crippen LogP contribution >= 0.6 is 11.8 Å². The minimum absolute atomic E-state index is 0.0234. The molecule has 1 saturated heterocycles. The first-order valence-electron chi connectivity index (χ1n) is 10.5. The van der Waals surface area contributed by atoms with Crippen LogP contribution in [0.1, 0.15) is 27.0 Å². The number of rotatable bonds is 5. The van der Waals surface area contributed by atoms with Gasteiger partial charge in [-0.05, 0) is 60.9 Å². The molecule has 31 heavy (non-hydrogen) atoms. The van der Waals surface area contributed by atoms with Crippen molar-refractivity contribution < 1.29 is 9.18 Å². The number of pyridine rings is 1. The van der Waals surface area contributed by atoms with Gasteiger partial charge in [-0.1, -0.05) is 24.3 Å². The van der Waals surface area contributed by atoms with Crippen LogP contribution in [0.4, 0.5) is 10.1 Å². The summed E-state index contributed by atoms with van der Waals surface area (Å²) in [7, 11) is 0. The molecule has 0 aliphatic carbocycles. The first kappa shape index (κ1) is 21.4. The van der Waals surface area contributed by atoms with E-state index in [9.17, 15) is 9.18 Å². The van der Waals surface area contributed by atoms with Gasteiger partial charge in [0.25, 0.3) is 5.91 Å². The summed E-state index contributed by atoms with van der Waals surface area (Å²) in [5.41, 5.74) is 5.47. The van der Waals surface area contributed by atoms with Crippen LogP contribution in [-0.2, 0) is 5.75 Å². The van der Waals surface area contributed by atoms with Gasteiger partial charge in [0, 0.05) is 43.8 Å². The highest BCUT2D eigenvalue weighted by Gasteiger charge is 2.25. The summed E-state index contributed by atoms with van der Waals surface area (Å²) in [4.78, 5) is 22.0. The molecule has 0 saturated carbocycles. The van der Waals surface area contributed by atoms with E-state index in [4.69, 9.17) is 0 Å². The molecule has 0 N–H and O–H groups in total. The van der Waals surface area contributed by atoms with E-state index in [1.807, 2.05) is 17.0 Å². The molecular formula is C25H26FN3OS. The van der Waals surface area contributed by atoms with Gasteiger partial charge < -0.3 is 9.80 Å². The van der Waals surface area contributed by atoms with Crippen LogP contribution in [0.25, 0.3) is 0 Å². The largest absolute Gasteiger partial charge is 0.368 e. The maximum Gasteiger partial charge on any atom is 0.256 e. The zero-order valence-electron chi connectivity index (χ0n) is 17.8. The lowest BCUT2D eigenvalue weighted by Gasteiger charge is -2.37. The van der Waals surface area contributed by atoms with Gasteiger partial charge in [0.1, 0.15) is 10.8 Å². The maximum absolute atomic E-state index is 13.2. The molecular weight excluding hydrogens is 409 g/mol. The Kier molecular flexibility index (Phi) is 6.56. The second kappa shape index (κ2) is 9.52. The van der Waals surface area contributed by atoms with Gasteiger partial charge in [-0.25, -0.2) is 9.37 Å². The molecule has 1 amide bonds. The van der Waals surface area contributed by atoms with Crippen molar-refractivity contribution in [2.45, 2.75) is 24.6 Å². The molecule has 1 fully saturated rings. The number of nitrogens with zero attached hydrogens (tertiary/aromatic N) is 3. The van der Waals surface area contributed by atoms with Gasteiger partial charge in [-0.2, -0.15) is 0 Å². The van der Waals surface area contributed by atoms with E-state index in [1.165, 1.54) is 40.7 Å². The molecule has 3 aromatic rings. The normalized spacial score (nSPS) is 14.0. The molecule has 2 heterocycles. The summed E-state index contributed by atoms with van der Waals surface area (Å²) in [6.45, 7) is 7.28.